The van der Waals surface area contributed by atoms with Crippen molar-refractivity contribution in [2.45, 2.75) is 13.2 Å². The van der Waals surface area contributed by atoms with Crippen LogP contribution in [0.1, 0.15) is 11.1 Å². The first-order valence-corrected chi connectivity index (χ1v) is 7.54. The summed E-state index contributed by atoms with van der Waals surface area (Å²) in [5.74, 6) is 0. The van der Waals surface area contributed by atoms with E-state index < -0.39 is 0 Å². The summed E-state index contributed by atoms with van der Waals surface area (Å²) in [7, 11) is 1.71. The summed E-state index contributed by atoms with van der Waals surface area (Å²) in [6, 6.07) is 14.4. The molecule has 0 aliphatic heterocycles. The summed E-state index contributed by atoms with van der Waals surface area (Å²) in [6.45, 7) is 1.38. The molecule has 0 saturated heterocycles. The standard InChI is InChI=1S/C15H15Br2NO/c1-19-10-13-14(17)3-2-4-15(13)18-9-11-5-7-12(16)8-6-11/h2-8,18H,9-10H2,1H3. The Hall–Kier alpha value is -0.840. The van der Waals surface area contributed by atoms with Gasteiger partial charge < -0.3 is 10.1 Å². The van der Waals surface area contributed by atoms with Gasteiger partial charge in [-0.3, -0.25) is 0 Å². The fourth-order valence-corrected chi connectivity index (χ4v) is 2.56. The second kappa shape index (κ2) is 7.08. The van der Waals surface area contributed by atoms with Crippen LogP contribution in [0.3, 0.4) is 0 Å². The summed E-state index contributed by atoms with van der Waals surface area (Å²) in [6.07, 6.45) is 0. The third-order valence-corrected chi connectivity index (χ3v) is 4.08. The average molecular weight is 385 g/mol. The van der Waals surface area contributed by atoms with Crippen molar-refractivity contribution in [2.24, 2.45) is 0 Å². The molecule has 0 saturated carbocycles. The fraction of sp³-hybridized carbons (Fsp3) is 0.200. The van der Waals surface area contributed by atoms with E-state index in [9.17, 15) is 0 Å². The van der Waals surface area contributed by atoms with Gasteiger partial charge in [0.1, 0.15) is 0 Å². The zero-order valence-electron chi connectivity index (χ0n) is 10.6. The highest BCUT2D eigenvalue weighted by Crippen LogP contribution is 2.26. The first kappa shape index (κ1) is 14.6. The minimum Gasteiger partial charge on any atom is -0.381 e. The van der Waals surface area contributed by atoms with E-state index in [1.807, 2.05) is 24.3 Å². The molecule has 4 heteroatoms. The Morgan fingerprint density at radius 1 is 1.05 bits per heavy atom. The minimum atomic E-state index is 0.587. The van der Waals surface area contributed by atoms with E-state index in [4.69, 9.17) is 4.74 Å². The lowest BCUT2D eigenvalue weighted by Crippen LogP contribution is -2.03. The van der Waals surface area contributed by atoms with Crippen LogP contribution in [-0.2, 0) is 17.9 Å². The Kier molecular flexibility index (Phi) is 5.43. The molecule has 2 aromatic rings. The Bertz CT molecular complexity index is 540. The second-order valence-corrected chi connectivity index (χ2v) is 5.95. The quantitative estimate of drug-likeness (QED) is 0.785. The highest BCUT2D eigenvalue weighted by molar-refractivity contribution is 9.10. The number of nitrogens with one attached hydrogen (secondary N) is 1. The summed E-state index contributed by atoms with van der Waals surface area (Å²) >= 11 is 7.00. The maximum atomic E-state index is 5.24. The first-order chi connectivity index (χ1) is 9.20. The third-order valence-electron chi connectivity index (χ3n) is 2.80. The highest BCUT2D eigenvalue weighted by Gasteiger charge is 2.06. The van der Waals surface area contributed by atoms with Crippen LogP contribution < -0.4 is 5.32 Å². The molecule has 0 fully saturated rings. The van der Waals surface area contributed by atoms with Crippen molar-refractivity contribution < 1.29 is 4.74 Å². The molecule has 1 N–H and O–H groups in total. The molecule has 0 radical (unpaired) electrons. The molecular weight excluding hydrogens is 370 g/mol. The van der Waals surface area contributed by atoms with Crippen LogP contribution >= 0.6 is 31.9 Å². The topological polar surface area (TPSA) is 21.3 Å². The van der Waals surface area contributed by atoms with Gasteiger partial charge in [-0.15, -0.1) is 0 Å². The average Bonchev–Trinajstić information content (AvgIpc) is 2.41. The Labute approximate surface area is 130 Å². The summed E-state index contributed by atoms with van der Waals surface area (Å²) in [5, 5.41) is 3.45. The van der Waals surface area contributed by atoms with Crippen LogP contribution in [0.15, 0.2) is 51.4 Å². The van der Waals surface area contributed by atoms with Crippen LogP contribution in [-0.4, -0.2) is 7.11 Å². The Morgan fingerprint density at radius 3 is 2.47 bits per heavy atom. The van der Waals surface area contributed by atoms with E-state index in [-0.39, 0.29) is 0 Å². The molecule has 0 aliphatic rings. The number of anilines is 1. The van der Waals surface area contributed by atoms with Gasteiger partial charge >= 0.3 is 0 Å². The zero-order chi connectivity index (χ0) is 13.7. The number of hydrogen-bond donors (Lipinski definition) is 1. The third kappa shape index (κ3) is 4.06. The molecule has 0 aliphatic carbocycles. The molecule has 0 spiro atoms. The predicted octanol–water partition coefficient (Wildman–Crippen LogP) is 4.97. The predicted molar refractivity (Wildman–Crippen MR) is 86.3 cm³/mol. The molecule has 0 heterocycles. The minimum absolute atomic E-state index is 0.587. The molecule has 0 amide bonds. The molecule has 19 heavy (non-hydrogen) atoms. The van der Waals surface area contributed by atoms with E-state index in [1.165, 1.54) is 5.56 Å². The molecule has 0 unspecified atom stereocenters. The molecule has 2 nitrogen and oxygen atoms in total. The molecular formula is C15H15Br2NO. The molecule has 0 aromatic heterocycles. The van der Waals surface area contributed by atoms with E-state index in [1.54, 1.807) is 7.11 Å². The largest absolute Gasteiger partial charge is 0.381 e. The Balaban J connectivity index is 2.10. The van der Waals surface area contributed by atoms with Crippen LogP contribution in [0.4, 0.5) is 5.69 Å². The maximum Gasteiger partial charge on any atom is 0.0744 e. The van der Waals surface area contributed by atoms with Crippen LogP contribution in [0.5, 0.6) is 0 Å². The maximum absolute atomic E-state index is 5.24. The number of benzene rings is 2. The van der Waals surface area contributed by atoms with Gasteiger partial charge in [0.15, 0.2) is 0 Å². The van der Waals surface area contributed by atoms with Gasteiger partial charge in [-0.25, -0.2) is 0 Å². The number of ether oxygens (including phenoxy) is 1. The molecule has 100 valence electrons. The van der Waals surface area contributed by atoms with E-state index in [2.05, 4.69) is 55.4 Å². The van der Waals surface area contributed by atoms with Crippen molar-refractivity contribution in [3.8, 4) is 0 Å². The lowest BCUT2D eigenvalue weighted by atomic mass is 10.1. The van der Waals surface area contributed by atoms with Crippen molar-refractivity contribution in [3.63, 3.8) is 0 Å². The normalized spacial score (nSPS) is 10.5. The van der Waals surface area contributed by atoms with Crippen LogP contribution in [0.2, 0.25) is 0 Å². The summed E-state index contributed by atoms with van der Waals surface area (Å²) < 4.78 is 7.40. The zero-order valence-corrected chi connectivity index (χ0v) is 13.8. The van der Waals surface area contributed by atoms with E-state index >= 15 is 0 Å². The monoisotopic (exact) mass is 383 g/mol. The molecule has 0 bridgehead atoms. The summed E-state index contributed by atoms with van der Waals surface area (Å²) in [5.41, 5.74) is 3.48. The second-order valence-electron chi connectivity index (χ2n) is 4.18. The van der Waals surface area contributed by atoms with E-state index in [0.29, 0.717) is 6.61 Å². The lowest BCUT2D eigenvalue weighted by molar-refractivity contribution is 0.185. The number of rotatable bonds is 5. The van der Waals surface area contributed by atoms with Gasteiger partial charge in [0, 0.05) is 33.9 Å². The Morgan fingerprint density at radius 2 is 1.79 bits per heavy atom. The number of hydrogen-bond acceptors (Lipinski definition) is 2. The van der Waals surface area contributed by atoms with E-state index in [0.717, 1.165) is 26.7 Å². The smallest absolute Gasteiger partial charge is 0.0744 e. The van der Waals surface area contributed by atoms with Crippen molar-refractivity contribution in [3.05, 3.63) is 62.5 Å². The van der Waals surface area contributed by atoms with Crippen molar-refractivity contribution in [1.82, 2.24) is 0 Å². The molecule has 0 atom stereocenters. The fourth-order valence-electron chi connectivity index (χ4n) is 1.81. The number of halogens is 2. The van der Waals surface area contributed by atoms with Crippen molar-refractivity contribution in [1.29, 1.82) is 0 Å². The van der Waals surface area contributed by atoms with Gasteiger partial charge in [0.25, 0.3) is 0 Å². The van der Waals surface area contributed by atoms with Crippen LogP contribution in [0, 0.1) is 0 Å². The van der Waals surface area contributed by atoms with Gasteiger partial charge in [0.2, 0.25) is 0 Å². The number of methoxy groups -OCH3 is 1. The first-order valence-electron chi connectivity index (χ1n) is 5.95. The van der Waals surface area contributed by atoms with Crippen molar-refractivity contribution in [2.75, 3.05) is 12.4 Å². The van der Waals surface area contributed by atoms with Gasteiger partial charge in [0.05, 0.1) is 6.61 Å². The van der Waals surface area contributed by atoms with Gasteiger partial charge in [-0.1, -0.05) is 50.1 Å². The van der Waals surface area contributed by atoms with Gasteiger partial charge in [-0.05, 0) is 29.8 Å². The molecule has 2 rings (SSSR count). The summed E-state index contributed by atoms with van der Waals surface area (Å²) in [4.78, 5) is 0. The van der Waals surface area contributed by atoms with Crippen LogP contribution in [0.25, 0.3) is 0 Å². The van der Waals surface area contributed by atoms with Gasteiger partial charge in [-0.2, -0.15) is 0 Å². The molecule has 2 aromatic carbocycles. The lowest BCUT2D eigenvalue weighted by Gasteiger charge is -2.13. The highest BCUT2D eigenvalue weighted by atomic mass is 79.9. The SMILES string of the molecule is COCc1c(Br)cccc1NCc1ccc(Br)cc1. The van der Waals surface area contributed by atoms with Crippen molar-refractivity contribution >= 4 is 37.5 Å².